The summed E-state index contributed by atoms with van der Waals surface area (Å²) in [5.74, 6) is -0.489. The summed E-state index contributed by atoms with van der Waals surface area (Å²) in [7, 11) is 0. The maximum atomic E-state index is 10.7. The Kier molecular flexibility index (Phi) is 8.00. The second-order valence-corrected chi connectivity index (χ2v) is 3.72. The number of rotatable bonds is 8. The van der Waals surface area contributed by atoms with Crippen LogP contribution in [0, 0.1) is 0 Å². The van der Waals surface area contributed by atoms with E-state index in [1.165, 1.54) is 19.3 Å². The molecular weight excluding hydrogens is 188 g/mol. The fourth-order valence-corrected chi connectivity index (χ4v) is 1.35. The van der Waals surface area contributed by atoms with Crippen molar-refractivity contribution in [3.8, 4) is 0 Å². The Balaban J connectivity index is 3.31. The van der Waals surface area contributed by atoms with Gasteiger partial charge in [0.1, 0.15) is 0 Å². The van der Waals surface area contributed by atoms with E-state index in [9.17, 15) is 9.59 Å². The van der Waals surface area contributed by atoms with E-state index in [0.717, 1.165) is 12.8 Å². The van der Waals surface area contributed by atoms with Gasteiger partial charge in [-0.3, -0.25) is 9.59 Å². The van der Waals surface area contributed by atoms with Gasteiger partial charge in [0.05, 0.1) is 5.38 Å². The van der Waals surface area contributed by atoms with Crippen molar-refractivity contribution in [3.05, 3.63) is 0 Å². The van der Waals surface area contributed by atoms with Gasteiger partial charge in [0.25, 0.3) is 0 Å². The van der Waals surface area contributed by atoms with Crippen LogP contribution in [-0.4, -0.2) is 17.4 Å². The summed E-state index contributed by atoms with van der Waals surface area (Å²) in [6, 6.07) is 0. The molecule has 0 radical (unpaired) electrons. The van der Waals surface area contributed by atoms with Gasteiger partial charge in [-0.05, 0) is 6.42 Å². The first-order valence-corrected chi connectivity index (χ1v) is 5.29. The number of alkyl halides is 1. The molecule has 3 heteroatoms. The predicted octanol–water partition coefficient (Wildman–Crippen LogP) is 2.72. The molecule has 0 fully saturated rings. The third-order valence-electron chi connectivity index (χ3n) is 1.99. The molecule has 0 spiro atoms. The molecule has 0 N–H and O–H groups in total. The van der Waals surface area contributed by atoms with Gasteiger partial charge in [-0.25, -0.2) is 0 Å². The van der Waals surface area contributed by atoms with Crippen LogP contribution in [0.3, 0.4) is 0 Å². The third-order valence-corrected chi connectivity index (χ3v) is 2.42. The summed E-state index contributed by atoms with van der Waals surface area (Å²) in [6.07, 6.45) is 6.60. The molecule has 0 amide bonds. The molecule has 76 valence electrons. The number of hydrogen-bond donors (Lipinski definition) is 0. The number of Topliss-reactive ketones (excluding diaryl/α,β-unsaturated/α-hetero) is 1. The van der Waals surface area contributed by atoms with Crippen LogP contribution in [0.15, 0.2) is 0 Å². The van der Waals surface area contributed by atoms with Crippen molar-refractivity contribution in [3.63, 3.8) is 0 Å². The lowest BCUT2D eigenvalue weighted by Gasteiger charge is -2.03. The number of unbranched alkanes of at least 4 members (excludes halogenated alkanes) is 4. The summed E-state index contributed by atoms with van der Waals surface area (Å²) in [4.78, 5) is 20.8. The third kappa shape index (κ3) is 6.76. The van der Waals surface area contributed by atoms with E-state index in [0.29, 0.717) is 12.7 Å². The fraction of sp³-hybridized carbons (Fsp3) is 0.800. The Bertz CT molecular complexity index is 157. The minimum atomic E-state index is -0.598. The van der Waals surface area contributed by atoms with E-state index in [4.69, 9.17) is 11.6 Å². The normalized spacial score (nSPS) is 12.5. The Morgan fingerprint density at radius 3 is 2.46 bits per heavy atom. The minimum absolute atomic E-state index is 0.309. The van der Waals surface area contributed by atoms with E-state index in [1.54, 1.807) is 0 Å². The zero-order valence-corrected chi connectivity index (χ0v) is 8.85. The van der Waals surface area contributed by atoms with Crippen molar-refractivity contribution in [1.82, 2.24) is 0 Å². The summed E-state index contributed by atoms with van der Waals surface area (Å²) in [5.41, 5.74) is 0. The summed E-state index contributed by atoms with van der Waals surface area (Å²) in [5, 5.41) is -0.598. The molecule has 0 aliphatic heterocycles. The smallest absolute Gasteiger partial charge is 0.212 e. The van der Waals surface area contributed by atoms with Crippen LogP contribution in [0.25, 0.3) is 0 Å². The maximum Gasteiger partial charge on any atom is 0.212 e. The molecule has 0 rings (SSSR count). The Hall–Kier alpha value is -0.370. The SMILES string of the molecule is CCCCCCCC(Cl)C(=O)C=O. The van der Waals surface area contributed by atoms with Crippen molar-refractivity contribution in [1.29, 1.82) is 0 Å². The molecular formula is C10H17ClO2. The standard InChI is InChI=1S/C10H17ClO2/c1-2-3-4-5-6-7-9(11)10(13)8-12/h8-9H,2-7H2,1H3. The fourth-order valence-electron chi connectivity index (χ4n) is 1.14. The number of halogens is 1. The van der Waals surface area contributed by atoms with Crippen LogP contribution in [-0.2, 0) is 9.59 Å². The second kappa shape index (κ2) is 8.24. The highest BCUT2D eigenvalue weighted by molar-refractivity contribution is 6.43. The van der Waals surface area contributed by atoms with Gasteiger partial charge in [0.2, 0.25) is 5.78 Å². The molecule has 0 bridgehead atoms. The molecule has 13 heavy (non-hydrogen) atoms. The van der Waals surface area contributed by atoms with Crippen LogP contribution in [0.5, 0.6) is 0 Å². The van der Waals surface area contributed by atoms with Crippen LogP contribution in [0.4, 0.5) is 0 Å². The Labute approximate surface area is 84.7 Å². The topological polar surface area (TPSA) is 34.1 Å². The first-order valence-electron chi connectivity index (χ1n) is 4.85. The van der Waals surface area contributed by atoms with Crippen molar-refractivity contribution < 1.29 is 9.59 Å². The van der Waals surface area contributed by atoms with Crippen LogP contribution >= 0.6 is 11.6 Å². The van der Waals surface area contributed by atoms with E-state index in [1.807, 2.05) is 0 Å². The molecule has 1 atom stereocenters. The molecule has 0 aromatic carbocycles. The first kappa shape index (κ1) is 12.6. The van der Waals surface area contributed by atoms with Gasteiger partial charge in [-0.2, -0.15) is 0 Å². The summed E-state index contributed by atoms with van der Waals surface area (Å²) < 4.78 is 0. The lowest BCUT2D eigenvalue weighted by atomic mass is 10.1. The largest absolute Gasteiger partial charge is 0.295 e. The first-order chi connectivity index (χ1) is 6.22. The minimum Gasteiger partial charge on any atom is -0.295 e. The molecule has 0 aromatic rings. The van der Waals surface area contributed by atoms with Gasteiger partial charge in [0.15, 0.2) is 6.29 Å². The number of ketones is 1. The summed E-state index contributed by atoms with van der Waals surface area (Å²) in [6.45, 7) is 2.15. The van der Waals surface area contributed by atoms with Crippen molar-refractivity contribution in [2.24, 2.45) is 0 Å². The number of carbonyl (C=O) groups excluding carboxylic acids is 2. The van der Waals surface area contributed by atoms with Crippen LogP contribution < -0.4 is 0 Å². The number of hydrogen-bond acceptors (Lipinski definition) is 2. The molecule has 0 aliphatic rings. The lowest BCUT2D eigenvalue weighted by Crippen LogP contribution is -2.15. The Morgan fingerprint density at radius 2 is 1.92 bits per heavy atom. The number of carbonyl (C=O) groups is 2. The van der Waals surface area contributed by atoms with E-state index in [2.05, 4.69) is 6.92 Å². The van der Waals surface area contributed by atoms with E-state index in [-0.39, 0.29) is 0 Å². The van der Waals surface area contributed by atoms with Gasteiger partial charge in [0, 0.05) is 0 Å². The van der Waals surface area contributed by atoms with E-state index < -0.39 is 11.2 Å². The second-order valence-electron chi connectivity index (χ2n) is 3.19. The number of aldehydes is 1. The van der Waals surface area contributed by atoms with Crippen LogP contribution in [0.2, 0.25) is 0 Å². The highest BCUT2D eigenvalue weighted by Gasteiger charge is 2.12. The molecule has 1 unspecified atom stereocenters. The molecule has 0 saturated heterocycles. The van der Waals surface area contributed by atoms with Gasteiger partial charge < -0.3 is 0 Å². The summed E-state index contributed by atoms with van der Waals surface area (Å²) >= 11 is 5.66. The average Bonchev–Trinajstić information content (AvgIpc) is 2.16. The van der Waals surface area contributed by atoms with Crippen molar-refractivity contribution in [2.45, 2.75) is 50.8 Å². The van der Waals surface area contributed by atoms with Crippen molar-refractivity contribution in [2.75, 3.05) is 0 Å². The van der Waals surface area contributed by atoms with Crippen molar-refractivity contribution >= 4 is 23.7 Å². The zero-order valence-electron chi connectivity index (χ0n) is 8.09. The lowest BCUT2D eigenvalue weighted by molar-refractivity contribution is -0.129. The Morgan fingerprint density at radius 1 is 1.31 bits per heavy atom. The van der Waals surface area contributed by atoms with E-state index >= 15 is 0 Å². The molecule has 0 heterocycles. The monoisotopic (exact) mass is 204 g/mol. The highest BCUT2D eigenvalue weighted by atomic mass is 35.5. The predicted molar refractivity (Wildman–Crippen MR) is 54.1 cm³/mol. The quantitative estimate of drug-likeness (QED) is 0.264. The average molecular weight is 205 g/mol. The zero-order chi connectivity index (χ0) is 10.1. The maximum absolute atomic E-state index is 10.7. The van der Waals surface area contributed by atoms with Gasteiger partial charge in [-0.1, -0.05) is 39.0 Å². The van der Waals surface area contributed by atoms with Gasteiger partial charge >= 0.3 is 0 Å². The van der Waals surface area contributed by atoms with Gasteiger partial charge in [-0.15, -0.1) is 11.6 Å². The highest BCUT2D eigenvalue weighted by Crippen LogP contribution is 2.11. The van der Waals surface area contributed by atoms with Crippen LogP contribution in [0.1, 0.15) is 45.4 Å². The molecule has 0 aliphatic carbocycles. The molecule has 2 nitrogen and oxygen atoms in total. The molecule has 0 aromatic heterocycles. The molecule has 0 saturated carbocycles.